The van der Waals surface area contributed by atoms with Crippen molar-refractivity contribution in [3.63, 3.8) is 0 Å². The fourth-order valence-corrected chi connectivity index (χ4v) is 3.57. The van der Waals surface area contributed by atoms with Crippen LogP contribution in [-0.4, -0.2) is 40.2 Å². The Kier molecular flexibility index (Phi) is 5.82. The first-order valence-corrected chi connectivity index (χ1v) is 8.73. The number of nitrogens with zero attached hydrogens (tertiary/aromatic N) is 2. The van der Waals surface area contributed by atoms with Crippen molar-refractivity contribution in [2.75, 3.05) is 18.4 Å². The van der Waals surface area contributed by atoms with Crippen LogP contribution in [-0.2, 0) is 9.59 Å². The van der Waals surface area contributed by atoms with Crippen LogP contribution in [0.2, 0.25) is 0 Å². The predicted octanol–water partition coefficient (Wildman–Crippen LogP) is 2.97. The standard InChI is InChI=1S/C17H23N3O2S/c1-5-20(6-2)17-19-16(22)14(23-17)10-15(21)18-13-9-11(3)7-8-12(13)4/h7-9,14H,5-6,10H2,1-4H3,(H,18,21)/t14-/m0/s1. The highest BCUT2D eigenvalue weighted by atomic mass is 32.2. The Balaban J connectivity index is 1.97. The van der Waals surface area contributed by atoms with E-state index >= 15 is 0 Å². The zero-order valence-electron chi connectivity index (χ0n) is 14.0. The molecule has 23 heavy (non-hydrogen) atoms. The molecule has 1 atom stereocenters. The molecule has 2 amide bonds. The summed E-state index contributed by atoms with van der Waals surface area (Å²) in [6.45, 7) is 9.59. The van der Waals surface area contributed by atoms with E-state index in [9.17, 15) is 9.59 Å². The largest absolute Gasteiger partial charge is 0.352 e. The van der Waals surface area contributed by atoms with E-state index in [4.69, 9.17) is 0 Å². The lowest BCUT2D eigenvalue weighted by atomic mass is 10.1. The van der Waals surface area contributed by atoms with Gasteiger partial charge in [-0.3, -0.25) is 9.59 Å². The monoisotopic (exact) mass is 333 g/mol. The number of carbonyl (C=O) groups excluding carboxylic acids is 2. The fourth-order valence-electron chi connectivity index (χ4n) is 2.38. The van der Waals surface area contributed by atoms with Crippen LogP contribution in [0, 0.1) is 13.8 Å². The van der Waals surface area contributed by atoms with Gasteiger partial charge in [0.05, 0.1) is 0 Å². The average molecular weight is 333 g/mol. The van der Waals surface area contributed by atoms with Crippen LogP contribution in [0.25, 0.3) is 0 Å². The number of rotatable bonds is 5. The lowest BCUT2D eigenvalue weighted by Crippen LogP contribution is -2.28. The minimum Gasteiger partial charge on any atom is -0.352 e. The van der Waals surface area contributed by atoms with Crippen LogP contribution in [0.5, 0.6) is 0 Å². The van der Waals surface area contributed by atoms with E-state index in [-0.39, 0.29) is 18.2 Å². The molecule has 0 unspecified atom stereocenters. The van der Waals surface area contributed by atoms with Crippen LogP contribution >= 0.6 is 11.8 Å². The molecule has 0 spiro atoms. The second kappa shape index (κ2) is 7.64. The molecule has 124 valence electrons. The van der Waals surface area contributed by atoms with Gasteiger partial charge in [0.1, 0.15) is 5.25 Å². The van der Waals surface area contributed by atoms with E-state index in [1.54, 1.807) is 0 Å². The molecule has 0 saturated heterocycles. The van der Waals surface area contributed by atoms with Crippen LogP contribution in [0.15, 0.2) is 23.2 Å². The summed E-state index contributed by atoms with van der Waals surface area (Å²) >= 11 is 1.39. The topological polar surface area (TPSA) is 61.8 Å². The second-order valence-corrected chi connectivity index (χ2v) is 6.75. The SMILES string of the molecule is CCN(CC)C1=NC(=O)[C@H](CC(=O)Nc2cc(C)ccc2C)S1. The van der Waals surface area contributed by atoms with Crippen molar-refractivity contribution < 1.29 is 9.59 Å². The summed E-state index contributed by atoms with van der Waals surface area (Å²) in [5.74, 6) is -0.367. The molecule has 0 radical (unpaired) electrons. The summed E-state index contributed by atoms with van der Waals surface area (Å²) in [4.78, 5) is 30.4. The van der Waals surface area contributed by atoms with Gasteiger partial charge in [0.15, 0.2) is 5.17 Å². The number of benzene rings is 1. The minimum atomic E-state index is -0.421. The highest BCUT2D eigenvalue weighted by molar-refractivity contribution is 8.15. The molecule has 1 aliphatic heterocycles. The number of aryl methyl sites for hydroxylation is 2. The molecule has 1 heterocycles. The van der Waals surface area contributed by atoms with Crippen LogP contribution < -0.4 is 5.32 Å². The van der Waals surface area contributed by atoms with Crippen molar-refractivity contribution in [2.45, 2.75) is 39.4 Å². The number of carbonyl (C=O) groups is 2. The quantitative estimate of drug-likeness (QED) is 0.900. The molecule has 0 aromatic heterocycles. The van der Waals surface area contributed by atoms with Gasteiger partial charge in [-0.1, -0.05) is 23.9 Å². The summed E-state index contributed by atoms with van der Waals surface area (Å²) in [6.07, 6.45) is 0.144. The summed E-state index contributed by atoms with van der Waals surface area (Å²) < 4.78 is 0. The first kappa shape index (κ1) is 17.5. The van der Waals surface area contributed by atoms with Crippen molar-refractivity contribution in [2.24, 2.45) is 4.99 Å². The van der Waals surface area contributed by atoms with Gasteiger partial charge in [-0.15, -0.1) is 0 Å². The first-order valence-electron chi connectivity index (χ1n) is 7.85. The minimum absolute atomic E-state index is 0.144. The summed E-state index contributed by atoms with van der Waals surface area (Å²) in [5.41, 5.74) is 2.90. The number of hydrogen-bond donors (Lipinski definition) is 1. The number of hydrogen-bond acceptors (Lipinski definition) is 4. The highest BCUT2D eigenvalue weighted by Crippen LogP contribution is 2.27. The molecule has 0 aliphatic carbocycles. The van der Waals surface area contributed by atoms with Crippen molar-refractivity contribution in [3.8, 4) is 0 Å². The Labute approximate surface area is 141 Å². The molecular formula is C17H23N3O2S. The zero-order chi connectivity index (χ0) is 17.0. The van der Waals surface area contributed by atoms with Gasteiger partial charge < -0.3 is 10.2 Å². The van der Waals surface area contributed by atoms with Gasteiger partial charge in [-0.25, -0.2) is 0 Å². The van der Waals surface area contributed by atoms with Gasteiger partial charge in [-0.2, -0.15) is 4.99 Å². The number of aliphatic imine (C=N–C) groups is 1. The third-order valence-corrected chi connectivity index (χ3v) is 5.01. The van der Waals surface area contributed by atoms with Crippen molar-refractivity contribution in [1.82, 2.24) is 4.90 Å². The van der Waals surface area contributed by atoms with Crippen molar-refractivity contribution in [1.29, 1.82) is 0 Å². The third-order valence-electron chi connectivity index (χ3n) is 3.80. The molecule has 5 nitrogen and oxygen atoms in total. The Morgan fingerprint density at radius 1 is 1.30 bits per heavy atom. The van der Waals surface area contributed by atoms with E-state index in [0.29, 0.717) is 0 Å². The summed E-state index contributed by atoms with van der Waals surface area (Å²) in [6, 6.07) is 5.92. The van der Waals surface area contributed by atoms with Crippen molar-refractivity contribution in [3.05, 3.63) is 29.3 Å². The second-order valence-electron chi connectivity index (χ2n) is 5.58. The number of nitrogens with one attached hydrogen (secondary N) is 1. The number of amides is 2. The van der Waals surface area contributed by atoms with E-state index in [1.807, 2.05) is 50.8 Å². The number of thioether (sulfide) groups is 1. The maximum atomic E-state index is 12.3. The van der Waals surface area contributed by atoms with Gasteiger partial charge in [0.2, 0.25) is 5.91 Å². The molecule has 2 rings (SSSR count). The van der Waals surface area contributed by atoms with E-state index < -0.39 is 5.25 Å². The van der Waals surface area contributed by atoms with Gasteiger partial charge >= 0.3 is 0 Å². The molecule has 6 heteroatoms. The average Bonchev–Trinajstić information content (AvgIpc) is 2.85. The normalized spacial score (nSPS) is 17.1. The Bertz CT molecular complexity index is 639. The van der Waals surface area contributed by atoms with Crippen molar-refractivity contribution >= 4 is 34.4 Å². The molecule has 1 aromatic carbocycles. The molecule has 0 bridgehead atoms. The molecule has 1 aromatic rings. The van der Waals surface area contributed by atoms with Gasteiger partial charge in [0.25, 0.3) is 5.91 Å². The smallest absolute Gasteiger partial charge is 0.262 e. The lowest BCUT2D eigenvalue weighted by molar-refractivity contribution is -0.121. The summed E-state index contributed by atoms with van der Waals surface area (Å²) in [5, 5.41) is 3.21. The zero-order valence-corrected chi connectivity index (χ0v) is 14.9. The predicted molar refractivity (Wildman–Crippen MR) is 95.9 cm³/mol. The highest BCUT2D eigenvalue weighted by Gasteiger charge is 2.32. The Morgan fingerprint density at radius 3 is 2.65 bits per heavy atom. The Morgan fingerprint density at radius 2 is 2.00 bits per heavy atom. The maximum absolute atomic E-state index is 12.3. The molecule has 1 aliphatic rings. The van der Waals surface area contributed by atoms with E-state index in [1.165, 1.54) is 11.8 Å². The molecular weight excluding hydrogens is 310 g/mol. The van der Waals surface area contributed by atoms with E-state index in [2.05, 4.69) is 10.3 Å². The first-order chi connectivity index (χ1) is 10.9. The Hall–Kier alpha value is -1.82. The molecule has 1 N–H and O–H groups in total. The van der Waals surface area contributed by atoms with Gasteiger partial charge in [0, 0.05) is 25.2 Å². The number of amidine groups is 1. The lowest BCUT2D eigenvalue weighted by Gasteiger charge is -2.19. The molecule has 0 saturated carbocycles. The van der Waals surface area contributed by atoms with Crippen LogP contribution in [0.1, 0.15) is 31.4 Å². The fraction of sp³-hybridized carbons (Fsp3) is 0.471. The number of anilines is 1. The van der Waals surface area contributed by atoms with Gasteiger partial charge in [-0.05, 0) is 44.9 Å². The summed E-state index contributed by atoms with van der Waals surface area (Å²) in [7, 11) is 0. The maximum Gasteiger partial charge on any atom is 0.262 e. The third kappa shape index (κ3) is 4.34. The van der Waals surface area contributed by atoms with Crippen LogP contribution in [0.4, 0.5) is 5.69 Å². The molecule has 0 fully saturated rings. The van der Waals surface area contributed by atoms with E-state index in [0.717, 1.165) is 35.1 Å². The van der Waals surface area contributed by atoms with Crippen LogP contribution in [0.3, 0.4) is 0 Å².